The predicted molar refractivity (Wildman–Crippen MR) is 62.2 cm³/mol. The highest BCUT2D eigenvalue weighted by molar-refractivity contribution is 5.58. The molecule has 0 aliphatic carbocycles. The molecule has 1 fully saturated rings. The van der Waals surface area contributed by atoms with E-state index in [2.05, 4.69) is 4.90 Å². The Labute approximate surface area is 95.1 Å². The summed E-state index contributed by atoms with van der Waals surface area (Å²) < 4.78 is 13.7. The lowest BCUT2D eigenvalue weighted by Gasteiger charge is -2.29. The molecule has 1 saturated heterocycles. The van der Waals surface area contributed by atoms with E-state index in [0.29, 0.717) is 12.1 Å². The van der Waals surface area contributed by atoms with Crippen LogP contribution in [0.3, 0.4) is 0 Å². The Balaban J connectivity index is 2.23. The molecule has 0 radical (unpaired) electrons. The van der Waals surface area contributed by atoms with E-state index >= 15 is 0 Å². The first kappa shape index (κ1) is 11.1. The third kappa shape index (κ3) is 2.40. The molecule has 0 bridgehead atoms. The van der Waals surface area contributed by atoms with Gasteiger partial charge in [-0.05, 0) is 37.0 Å². The molecule has 0 N–H and O–H groups in total. The number of nitrogens with zero attached hydrogens (tertiary/aromatic N) is 1. The lowest BCUT2D eigenvalue weighted by molar-refractivity contribution is -0.107. The zero-order chi connectivity index (χ0) is 11.4. The molecule has 2 rings (SSSR count). The number of aldehydes is 1. The molecular weight excluding hydrogens is 205 g/mol. The Morgan fingerprint density at radius 2 is 2.00 bits per heavy atom. The minimum Gasteiger partial charge on any atom is -0.369 e. The average molecular weight is 221 g/mol. The second kappa shape index (κ2) is 5.10. The largest absolute Gasteiger partial charge is 0.369 e. The van der Waals surface area contributed by atoms with Crippen molar-refractivity contribution in [2.45, 2.75) is 25.7 Å². The topological polar surface area (TPSA) is 20.3 Å². The summed E-state index contributed by atoms with van der Waals surface area (Å²) in [6, 6.07) is 4.94. The molecule has 1 aliphatic heterocycles. The van der Waals surface area contributed by atoms with E-state index in [0.717, 1.165) is 37.8 Å². The molecular formula is C13H16FNO. The number of hydrogen-bond acceptors (Lipinski definition) is 2. The van der Waals surface area contributed by atoms with Gasteiger partial charge in [-0.25, -0.2) is 4.39 Å². The third-order valence-electron chi connectivity index (χ3n) is 3.03. The number of rotatable bonds is 3. The molecule has 1 heterocycles. The Bertz CT molecular complexity index is 372. The first-order chi connectivity index (χ1) is 7.81. The van der Waals surface area contributed by atoms with Gasteiger partial charge in [0.25, 0.3) is 0 Å². The van der Waals surface area contributed by atoms with Crippen LogP contribution in [0.5, 0.6) is 0 Å². The van der Waals surface area contributed by atoms with Gasteiger partial charge in [0, 0.05) is 19.5 Å². The molecule has 1 aromatic carbocycles. The summed E-state index contributed by atoms with van der Waals surface area (Å²) in [6.07, 6.45) is 4.69. The number of anilines is 1. The van der Waals surface area contributed by atoms with Crippen LogP contribution in [0.15, 0.2) is 18.2 Å². The van der Waals surface area contributed by atoms with Gasteiger partial charge in [-0.1, -0.05) is 6.07 Å². The standard InChI is InChI=1S/C13H16FNO/c14-12-5-4-11(6-9-16)10-13(12)15-7-2-1-3-8-15/h4-5,9-10H,1-3,6-8H2. The first-order valence-electron chi connectivity index (χ1n) is 5.78. The Hall–Kier alpha value is -1.38. The van der Waals surface area contributed by atoms with Gasteiger partial charge in [-0.15, -0.1) is 0 Å². The maximum absolute atomic E-state index is 13.7. The summed E-state index contributed by atoms with van der Waals surface area (Å²) in [7, 11) is 0. The number of hydrogen-bond donors (Lipinski definition) is 0. The van der Waals surface area contributed by atoms with Crippen molar-refractivity contribution in [3.05, 3.63) is 29.6 Å². The molecule has 0 unspecified atom stereocenters. The molecule has 0 aromatic heterocycles. The fraction of sp³-hybridized carbons (Fsp3) is 0.462. The van der Waals surface area contributed by atoms with Gasteiger partial charge in [0.2, 0.25) is 0 Å². The fourth-order valence-corrected chi connectivity index (χ4v) is 2.16. The van der Waals surface area contributed by atoms with Crippen LogP contribution >= 0.6 is 0 Å². The number of piperidine rings is 1. The average Bonchev–Trinajstić information content (AvgIpc) is 2.33. The fourth-order valence-electron chi connectivity index (χ4n) is 2.16. The Kier molecular flexibility index (Phi) is 3.54. The molecule has 1 aliphatic rings. The summed E-state index contributed by atoms with van der Waals surface area (Å²) in [4.78, 5) is 12.5. The van der Waals surface area contributed by atoms with Gasteiger partial charge in [-0.2, -0.15) is 0 Å². The van der Waals surface area contributed by atoms with E-state index in [1.807, 2.05) is 0 Å². The number of carbonyl (C=O) groups is 1. The van der Waals surface area contributed by atoms with Crippen molar-refractivity contribution in [2.24, 2.45) is 0 Å². The Morgan fingerprint density at radius 1 is 1.25 bits per heavy atom. The predicted octanol–water partition coefficient (Wildman–Crippen LogP) is 2.56. The maximum atomic E-state index is 13.7. The summed E-state index contributed by atoms with van der Waals surface area (Å²) in [5.41, 5.74) is 1.54. The normalized spacial score (nSPS) is 16.2. The lowest BCUT2D eigenvalue weighted by Crippen LogP contribution is -2.30. The van der Waals surface area contributed by atoms with Crippen molar-refractivity contribution >= 4 is 12.0 Å². The van der Waals surface area contributed by atoms with Crippen LogP contribution in [-0.2, 0) is 11.2 Å². The van der Waals surface area contributed by atoms with Crippen LogP contribution in [0, 0.1) is 5.82 Å². The molecule has 0 amide bonds. The monoisotopic (exact) mass is 221 g/mol. The van der Waals surface area contributed by atoms with Crippen LogP contribution in [0.4, 0.5) is 10.1 Å². The number of carbonyl (C=O) groups excluding carboxylic acids is 1. The van der Waals surface area contributed by atoms with Crippen molar-refractivity contribution in [3.63, 3.8) is 0 Å². The first-order valence-corrected chi connectivity index (χ1v) is 5.78. The van der Waals surface area contributed by atoms with Gasteiger partial charge in [0.15, 0.2) is 0 Å². The SMILES string of the molecule is O=CCc1ccc(F)c(N2CCCCC2)c1. The zero-order valence-corrected chi connectivity index (χ0v) is 9.29. The van der Waals surface area contributed by atoms with E-state index in [9.17, 15) is 9.18 Å². The van der Waals surface area contributed by atoms with E-state index < -0.39 is 0 Å². The number of halogens is 1. The zero-order valence-electron chi connectivity index (χ0n) is 9.29. The minimum atomic E-state index is -0.184. The second-order valence-corrected chi connectivity index (χ2v) is 4.20. The van der Waals surface area contributed by atoms with Crippen molar-refractivity contribution in [3.8, 4) is 0 Å². The van der Waals surface area contributed by atoms with Gasteiger partial charge in [0.05, 0.1) is 5.69 Å². The van der Waals surface area contributed by atoms with Crippen molar-refractivity contribution < 1.29 is 9.18 Å². The summed E-state index contributed by atoms with van der Waals surface area (Å²) >= 11 is 0. The molecule has 86 valence electrons. The van der Waals surface area contributed by atoms with Crippen LogP contribution < -0.4 is 4.90 Å². The number of benzene rings is 1. The van der Waals surface area contributed by atoms with E-state index in [4.69, 9.17) is 0 Å². The highest BCUT2D eigenvalue weighted by Gasteiger charge is 2.14. The van der Waals surface area contributed by atoms with Crippen molar-refractivity contribution in [1.82, 2.24) is 0 Å². The Morgan fingerprint density at radius 3 is 2.69 bits per heavy atom. The molecule has 2 nitrogen and oxygen atoms in total. The molecule has 0 atom stereocenters. The molecule has 16 heavy (non-hydrogen) atoms. The van der Waals surface area contributed by atoms with Crippen LogP contribution in [0.25, 0.3) is 0 Å². The smallest absolute Gasteiger partial charge is 0.146 e. The molecule has 0 spiro atoms. The highest BCUT2D eigenvalue weighted by Crippen LogP contribution is 2.24. The van der Waals surface area contributed by atoms with E-state index in [1.165, 1.54) is 12.5 Å². The summed E-state index contributed by atoms with van der Waals surface area (Å²) in [6.45, 7) is 1.84. The van der Waals surface area contributed by atoms with Gasteiger partial charge < -0.3 is 9.69 Å². The quantitative estimate of drug-likeness (QED) is 0.731. The second-order valence-electron chi connectivity index (χ2n) is 4.20. The summed E-state index contributed by atoms with van der Waals surface area (Å²) in [5, 5.41) is 0. The molecule has 1 aromatic rings. The third-order valence-corrected chi connectivity index (χ3v) is 3.03. The van der Waals surface area contributed by atoms with Crippen molar-refractivity contribution in [2.75, 3.05) is 18.0 Å². The minimum absolute atomic E-state index is 0.184. The van der Waals surface area contributed by atoms with Gasteiger partial charge in [-0.3, -0.25) is 0 Å². The van der Waals surface area contributed by atoms with Crippen LogP contribution in [-0.4, -0.2) is 19.4 Å². The van der Waals surface area contributed by atoms with Crippen molar-refractivity contribution in [1.29, 1.82) is 0 Å². The van der Waals surface area contributed by atoms with Crippen LogP contribution in [0.2, 0.25) is 0 Å². The van der Waals surface area contributed by atoms with E-state index in [-0.39, 0.29) is 5.82 Å². The van der Waals surface area contributed by atoms with Gasteiger partial charge >= 0.3 is 0 Å². The highest BCUT2D eigenvalue weighted by atomic mass is 19.1. The summed E-state index contributed by atoms with van der Waals surface area (Å²) in [5.74, 6) is -0.184. The molecule has 3 heteroatoms. The lowest BCUT2D eigenvalue weighted by atomic mass is 10.1. The van der Waals surface area contributed by atoms with Gasteiger partial charge in [0.1, 0.15) is 12.1 Å². The maximum Gasteiger partial charge on any atom is 0.146 e. The van der Waals surface area contributed by atoms with E-state index in [1.54, 1.807) is 12.1 Å². The van der Waals surface area contributed by atoms with Crippen LogP contribution in [0.1, 0.15) is 24.8 Å². The molecule has 0 saturated carbocycles.